The second kappa shape index (κ2) is 9.42. The number of para-hydroxylation sites is 2. The van der Waals surface area contributed by atoms with Crippen LogP contribution >= 0.6 is 0 Å². The van der Waals surface area contributed by atoms with Crippen molar-refractivity contribution in [2.24, 2.45) is 0 Å². The van der Waals surface area contributed by atoms with Gasteiger partial charge in [0.2, 0.25) is 16.1 Å². The molecule has 1 aliphatic rings. The van der Waals surface area contributed by atoms with Crippen LogP contribution in [0.15, 0.2) is 60.0 Å². The molecule has 0 bridgehead atoms. The van der Waals surface area contributed by atoms with Crippen LogP contribution in [0.3, 0.4) is 0 Å². The summed E-state index contributed by atoms with van der Waals surface area (Å²) < 4.78 is 37.4. The van der Waals surface area contributed by atoms with Crippen molar-refractivity contribution in [3.8, 4) is 11.5 Å². The van der Waals surface area contributed by atoms with Gasteiger partial charge in [0.05, 0.1) is 6.04 Å². The largest absolute Gasteiger partial charge is 0.485 e. The molecule has 1 heterocycles. The fraction of sp³-hybridized carbons (Fsp3) is 0.200. The van der Waals surface area contributed by atoms with E-state index in [-0.39, 0.29) is 6.61 Å². The fourth-order valence-electron chi connectivity index (χ4n) is 2.53. The molecule has 2 unspecified atom stereocenters. The molecule has 2 aromatic carbocycles. The summed E-state index contributed by atoms with van der Waals surface area (Å²) in [6.07, 6.45) is 0.452. The standard InChI is InChI=1S/C20H21N3O6S/c1-14(23-30(26,27)12-11-15-7-3-2-4-8-15)19(24)21-22-20(25)18-13-28-16-9-5-6-10-17(16)29-18/h2-12,14,18,23H,13H2,1H3,(H,21,24)(H,22,25)/b12-11+. The molecule has 0 radical (unpaired) electrons. The second-order valence-corrected chi connectivity index (χ2v) is 8.04. The maximum Gasteiger partial charge on any atom is 0.283 e. The van der Waals surface area contributed by atoms with Crippen LogP contribution in [-0.4, -0.2) is 39.0 Å². The normalized spacial score (nSPS) is 16.6. The molecule has 30 heavy (non-hydrogen) atoms. The number of ether oxygens (including phenoxy) is 2. The Bertz CT molecular complexity index is 1040. The van der Waals surface area contributed by atoms with Gasteiger partial charge in [0, 0.05) is 5.41 Å². The number of carbonyl (C=O) groups excluding carboxylic acids is 2. The smallest absolute Gasteiger partial charge is 0.283 e. The first kappa shape index (κ1) is 21.3. The quantitative estimate of drug-likeness (QED) is 0.586. The summed E-state index contributed by atoms with van der Waals surface area (Å²) in [7, 11) is -3.87. The van der Waals surface area contributed by atoms with Gasteiger partial charge in [0.25, 0.3) is 11.8 Å². The molecule has 2 aromatic rings. The van der Waals surface area contributed by atoms with E-state index in [0.717, 1.165) is 5.41 Å². The van der Waals surface area contributed by atoms with Crippen molar-refractivity contribution in [1.82, 2.24) is 15.6 Å². The number of benzene rings is 2. The van der Waals surface area contributed by atoms with Gasteiger partial charge in [0.15, 0.2) is 11.5 Å². The highest BCUT2D eigenvalue weighted by molar-refractivity contribution is 7.92. The average Bonchev–Trinajstić information content (AvgIpc) is 2.76. The first-order valence-electron chi connectivity index (χ1n) is 9.08. The highest BCUT2D eigenvalue weighted by Gasteiger charge is 2.28. The predicted octanol–water partition coefficient (Wildman–Crippen LogP) is 0.953. The Kier molecular flexibility index (Phi) is 6.70. The van der Waals surface area contributed by atoms with Gasteiger partial charge < -0.3 is 9.47 Å². The lowest BCUT2D eigenvalue weighted by molar-refractivity contribution is -0.135. The van der Waals surface area contributed by atoms with E-state index in [4.69, 9.17) is 9.47 Å². The van der Waals surface area contributed by atoms with E-state index in [0.29, 0.717) is 17.1 Å². The lowest BCUT2D eigenvalue weighted by Crippen LogP contribution is -2.54. The van der Waals surface area contributed by atoms with Crippen LogP contribution in [-0.2, 0) is 19.6 Å². The number of nitrogens with one attached hydrogen (secondary N) is 3. The molecule has 0 fully saturated rings. The minimum atomic E-state index is -3.87. The first-order chi connectivity index (χ1) is 14.3. The summed E-state index contributed by atoms with van der Waals surface area (Å²) in [5.41, 5.74) is 5.08. The third kappa shape index (κ3) is 5.82. The topological polar surface area (TPSA) is 123 Å². The van der Waals surface area contributed by atoms with Crippen molar-refractivity contribution < 1.29 is 27.5 Å². The van der Waals surface area contributed by atoms with Gasteiger partial charge in [-0.15, -0.1) is 0 Å². The van der Waals surface area contributed by atoms with Gasteiger partial charge in [-0.1, -0.05) is 42.5 Å². The Labute approximate surface area is 174 Å². The highest BCUT2D eigenvalue weighted by atomic mass is 32.2. The third-order valence-corrected chi connectivity index (χ3v) is 5.26. The average molecular weight is 431 g/mol. The lowest BCUT2D eigenvalue weighted by Gasteiger charge is -2.25. The summed E-state index contributed by atoms with van der Waals surface area (Å²) >= 11 is 0. The number of hydrazine groups is 1. The van der Waals surface area contributed by atoms with Crippen LogP contribution in [0.4, 0.5) is 0 Å². The zero-order chi connectivity index (χ0) is 21.6. The van der Waals surface area contributed by atoms with Gasteiger partial charge in [-0.2, -0.15) is 4.72 Å². The number of rotatable bonds is 6. The first-order valence-corrected chi connectivity index (χ1v) is 10.6. The molecule has 1 aliphatic heterocycles. The van der Waals surface area contributed by atoms with Crippen LogP contribution in [0.25, 0.3) is 6.08 Å². The SMILES string of the molecule is CC(NS(=O)(=O)/C=C/c1ccccc1)C(=O)NNC(=O)C1COc2ccccc2O1. The Morgan fingerprint density at radius 1 is 1.03 bits per heavy atom. The van der Waals surface area contributed by atoms with Gasteiger partial charge in [-0.05, 0) is 30.7 Å². The van der Waals surface area contributed by atoms with Crippen LogP contribution in [0.2, 0.25) is 0 Å². The molecule has 0 saturated heterocycles. The second-order valence-electron chi connectivity index (χ2n) is 6.44. The predicted molar refractivity (Wildman–Crippen MR) is 110 cm³/mol. The molecular weight excluding hydrogens is 410 g/mol. The van der Waals surface area contributed by atoms with Gasteiger partial charge in [0.1, 0.15) is 6.61 Å². The van der Waals surface area contributed by atoms with E-state index >= 15 is 0 Å². The van der Waals surface area contributed by atoms with E-state index < -0.39 is 34.0 Å². The minimum absolute atomic E-state index is 0.0226. The molecule has 9 nitrogen and oxygen atoms in total. The molecule has 0 saturated carbocycles. The minimum Gasteiger partial charge on any atom is -0.485 e. The van der Waals surface area contributed by atoms with E-state index in [1.807, 2.05) is 6.07 Å². The summed E-state index contributed by atoms with van der Waals surface area (Å²) in [5, 5.41) is 0.968. The van der Waals surface area contributed by atoms with Crippen LogP contribution in [0, 0.1) is 0 Å². The molecule has 158 valence electrons. The van der Waals surface area contributed by atoms with E-state index in [1.165, 1.54) is 13.0 Å². The molecular formula is C20H21N3O6S. The van der Waals surface area contributed by atoms with Gasteiger partial charge in [-0.3, -0.25) is 20.4 Å². The number of sulfonamides is 1. The van der Waals surface area contributed by atoms with Crippen LogP contribution in [0.5, 0.6) is 11.5 Å². The maximum absolute atomic E-state index is 12.2. The zero-order valence-electron chi connectivity index (χ0n) is 16.1. The van der Waals surface area contributed by atoms with Crippen LogP contribution in [0.1, 0.15) is 12.5 Å². The van der Waals surface area contributed by atoms with E-state index in [1.54, 1.807) is 48.5 Å². The summed E-state index contributed by atoms with van der Waals surface area (Å²) in [5.74, 6) is -0.423. The van der Waals surface area contributed by atoms with Crippen LogP contribution < -0.4 is 25.0 Å². The number of amides is 2. The molecule has 2 amide bonds. The highest BCUT2D eigenvalue weighted by Crippen LogP contribution is 2.30. The van der Waals surface area contributed by atoms with E-state index in [2.05, 4.69) is 15.6 Å². The molecule has 0 spiro atoms. The van der Waals surface area contributed by atoms with Crippen molar-refractivity contribution in [3.05, 3.63) is 65.6 Å². The molecule has 0 aliphatic carbocycles. The molecule has 3 N–H and O–H groups in total. The third-order valence-electron chi connectivity index (χ3n) is 4.08. The monoisotopic (exact) mass is 431 g/mol. The maximum atomic E-state index is 12.2. The number of fused-ring (bicyclic) bond motifs is 1. The molecule has 2 atom stereocenters. The van der Waals surface area contributed by atoms with Gasteiger partial charge in [-0.25, -0.2) is 8.42 Å². The molecule has 3 rings (SSSR count). The Morgan fingerprint density at radius 2 is 1.70 bits per heavy atom. The van der Waals surface area contributed by atoms with Crippen molar-refractivity contribution in [2.45, 2.75) is 19.1 Å². The van der Waals surface area contributed by atoms with Crippen molar-refractivity contribution >= 4 is 27.9 Å². The fourth-order valence-corrected chi connectivity index (χ4v) is 3.55. The summed E-state index contributed by atoms with van der Waals surface area (Å²) in [6, 6.07) is 14.6. The van der Waals surface area contributed by atoms with Crippen molar-refractivity contribution in [1.29, 1.82) is 0 Å². The molecule has 10 heteroatoms. The van der Waals surface area contributed by atoms with Gasteiger partial charge >= 0.3 is 0 Å². The number of carbonyl (C=O) groups is 2. The number of hydrogen-bond donors (Lipinski definition) is 3. The number of hydrogen-bond acceptors (Lipinski definition) is 6. The van der Waals surface area contributed by atoms with Crippen molar-refractivity contribution in [3.63, 3.8) is 0 Å². The van der Waals surface area contributed by atoms with Crippen molar-refractivity contribution in [2.75, 3.05) is 6.61 Å². The summed E-state index contributed by atoms with van der Waals surface area (Å²) in [6.45, 7) is 1.33. The Hall–Kier alpha value is -3.37. The lowest BCUT2D eigenvalue weighted by atomic mass is 10.2. The summed E-state index contributed by atoms with van der Waals surface area (Å²) in [4.78, 5) is 24.3. The van der Waals surface area contributed by atoms with E-state index in [9.17, 15) is 18.0 Å². The Morgan fingerprint density at radius 3 is 2.43 bits per heavy atom. The molecule has 0 aromatic heterocycles. The zero-order valence-corrected chi connectivity index (χ0v) is 16.9. The Balaban J connectivity index is 1.48.